The summed E-state index contributed by atoms with van der Waals surface area (Å²) in [5.74, 6) is -0.0900. The molecule has 194 valence electrons. The molecule has 37 heavy (non-hydrogen) atoms. The SMILES string of the molecule is COc1cc(/C=C2/SC(=S)N(NC(=O)c3ccccc3C)C2=O)cc(Br)c1OCC(=O)N1CCCCC1. The topological polar surface area (TPSA) is 88.2 Å². The predicted octanol–water partition coefficient (Wildman–Crippen LogP) is 4.70. The molecule has 0 radical (unpaired) electrons. The van der Waals surface area contributed by atoms with Crippen LogP contribution in [0.5, 0.6) is 11.5 Å². The highest BCUT2D eigenvalue weighted by Gasteiger charge is 2.34. The third-order valence-electron chi connectivity index (χ3n) is 6.00. The van der Waals surface area contributed by atoms with E-state index in [1.54, 1.807) is 30.3 Å². The predicted molar refractivity (Wildman–Crippen MR) is 150 cm³/mol. The zero-order valence-electron chi connectivity index (χ0n) is 20.4. The Morgan fingerprint density at radius 1 is 1.19 bits per heavy atom. The molecule has 2 saturated heterocycles. The number of aryl methyl sites for hydroxylation is 1. The lowest BCUT2D eigenvalue weighted by Gasteiger charge is -2.26. The van der Waals surface area contributed by atoms with E-state index in [2.05, 4.69) is 21.4 Å². The van der Waals surface area contributed by atoms with Crippen LogP contribution in [0.4, 0.5) is 0 Å². The van der Waals surface area contributed by atoms with Crippen molar-refractivity contribution in [1.29, 1.82) is 0 Å². The number of nitrogens with one attached hydrogen (secondary N) is 1. The van der Waals surface area contributed by atoms with Crippen molar-refractivity contribution in [3.63, 3.8) is 0 Å². The van der Waals surface area contributed by atoms with E-state index in [-0.39, 0.29) is 16.8 Å². The summed E-state index contributed by atoms with van der Waals surface area (Å²) in [5, 5.41) is 1.08. The molecule has 0 bridgehead atoms. The molecule has 2 heterocycles. The highest BCUT2D eigenvalue weighted by atomic mass is 79.9. The van der Waals surface area contributed by atoms with E-state index in [4.69, 9.17) is 21.7 Å². The fourth-order valence-corrected chi connectivity index (χ4v) is 5.79. The quantitative estimate of drug-likeness (QED) is 0.362. The Morgan fingerprint density at radius 2 is 1.92 bits per heavy atom. The van der Waals surface area contributed by atoms with Gasteiger partial charge in [0.25, 0.3) is 17.7 Å². The summed E-state index contributed by atoms with van der Waals surface area (Å²) < 4.78 is 12.1. The lowest BCUT2D eigenvalue weighted by Crippen LogP contribution is -2.45. The van der Waals surface area contributed by atoms with Gasteiger partial charge in [-0.05, 0) is 89.7 Å². The minimum absolute atomic E-state index is 0.0610. The van der Waals surface area contributed by atoms with Crippen LogP contribution in [0.3, 0.4) is 0 Å². The lowest BCUT2D eigenvalue weighted by molar-refractivity contribution is -0.134. The minimum atomic E-state index is -0.431. The summed E-state index contributed by atoms with van der Waals surface area (Å²) in [6.45, 7) is 3.24. The molecular formula is C26H26BrN3O5S2. The maximum atomic E-state index is 13.0. The number of hydrogen-bond acceptors (Lipinski definition) is 7. The van der Waals surface area contributed by atoms with Crippen LogP contribution in [0.2, 0.25) is 0 Å². The van der Waals surface area contributed by atoms with Gasteiger partial charge in [-0.2, -0.15) is 5.01 Å². The van der Waals surface area contributed by atoms with Crippen molar-refractivity contribution in [1.82, 2.24) is 15.3 Å². The van der Waals surface area contributed by atoms with Crippen LogP contribution in [0.1, 0.15) is 40.7 Å². The van der Waals surface area contributed by atoms with Crippen molar-refractivity contribution in [2.24, 2.45) is 0 Å². The standard InChI is InChI=1S/C26H26BrN3O5S2/c1-16-8-4-5-9-18(16)24(32)28-30-25(33)21(37-26(30)36)14-17-12-19(27)23(20(13-17)34-2)35-15-22(31)29-10-6-3-7-11-29/h4-5,8-9,12-14H,3,6-7,10-11,15H2,1-2H3,(H,28,32)/b21-14+. The lowest BCUT2D eigenvalue weighted by atomic mass is 10.1. The van der Waals surface area contributed by atoms with Gasteiger partial charge in [-0.15, -0.1) is 0 Å². The van der Waals surface area contributed by atoms with E-state index in [0.717, 1.165) is 54.7 Å². The van der Waals surface area contributed by atoms with Crippen LogP contribution in [-0.4, -0.2) is 58.8 Å². The first-order chi connectivity index (χ1) is 17.8. The van der Waals surface area contributed by atoms with Gasteiger partial charge in [-0.3, -0.25) is 19.8 Å². The molecule has 0 aromatic heterocycles. The second-order valence-electron chi connectivity index (χ2n) is 8.54. The molecule has 11 heteroatoms. The van der Waals surface area contributed by atoms with Crippen LogP contribution in [0.25, 0.3) is 6.08 Å². The van der Waals surface area contributed by atoms with Crippen molar-refractivity contribution in [2.75, 3.05) is 26.8 Å². The number of carbonyl (C=O) groups is 3. The Labute approximate surface area is 233 Å². The molecule has 8 nitrogen and oxygen atoms in total. The first kappa shape index (κ1) is 27.2. The average Bonchev–Trinajstić information content (AvgIpc) is 3.15. The summed E-state index contributed by atoms with van der Waals surface area (Å²) >= 11 is 9.93. The van der Waals surface area contributed by atoms with Crippen molar-refractivity contribution in [3.8, 4) is 11.5 Å². The molecule has 0 atom stereocenters. The number of likely N-dealkylation sites (tertiary alicyclic amines) is 1. The Bertz CT molecular complexity index is 1280. The van der Waals surface area contributed by atoms with E-state index < -0.39 is 11.8 Å². The number of piperidine rings is 1. The zero-order valence-corrected chi connectivity index (χ0v) is 23.6. The second-order valence-corrected chi connectivity index (χ2v) is 11.1. The van der Waals surface area contributed by atoms with E-state index in [1.807, 2.05) is 24.0 Å². The van der Waals surface area contributed by atoms with Crippen molar-refractivity contribution in [2.45, 2.75) is 26.2 Å². The van der Waals surface area contributed by atoms with Crippen molar-refractivity contribution >= 4 is 68.0 Å². The Kier molecular flexibility index (Phi) is 8.88. The van der Waals surface area contributed by atoms with Gasteiger partial charge in [0.1, 0.15) is 0 Å². The molecule has 0 saturated carbocycles. The number of nitrogens with zero attached hydrogens (tertiary/aromatic N) is 2. The van der Waals surface area contributed by atoms with E-state index in [1.165, 1.54) is 7.11 Å². The van der Waals surface area contributed by atoms with Crippen molar-refractivity contribution in [3.05, 3.63) is 62.5 Å². The smallest absolute Gasteiger partial charge is 0.285 e. The normalized spacial score (nSPS) is 16.8. The van der Waals surface area contributed by atoms with Crippen LogP contribution in [-0.2, 0) is 9.59 Å². The molecule has 1 N–H and O–H groups in total. The number of thiocarbonyl (C=S) groups is 1. The molecule has 3 amide bonds. The largest absolute Gasteiger partial charge is 0.493 e. The Balaban J connectivity index is 1.47. The third-order valence-corrected chi connectivity index (χ3v) is 7.89. The zero-order chi connectivity index (χ0) is 26.5. The maximum absolute atomic E-state index is 13.0. The van der Waals surface area contributed by atoms with Crippen LogP contribution >= 0.6 is 39.9 Å². The van der Waals surface area contributed by atoms with Crippen LogP contribution in [0.15, 0.2) is 45.8 Å². The molecule has 2 aliphatic heterocycles. The molecule has 2 aromatic rings. The molecule has 4 rings (SSSR count). The first-order valence-electron chi connectivity index (χ1n) is 11.7. The van der Waals surface area contributed by atoms with Gasteiger partial charge in [0.05, 0.1) is 16.5 Å². The maximum Gasteiger partial charge on any atom is 0.285 e. The fraction of sp³-hybridized carbons (Fsp3) is 0.308. The number of benzene rings is 2. The van der Waals surface area contributed by atoms with E-state index in [9.17, 15) is 14.4 Å². The van der Waals surface area contributed by atoms with E-state index >= 15 is 0 Å². The number of amides is 3. The summed E-state index contributed by atoms with van der Waals surface area (Å²) in [6.07, 6.45) is 4.82. The van der Waals surface area contributed by atoms with Gasteiger partial charge in [0.2, 0.25) is 0 Å². The molecule has 0 aliphatic carbocycles. The third kappa shape index (κ3) is 6.34. The molecular weight excluding hydrogens is 578 g/mol. The van der Waals surface area contributed by atoms with Gasteiger partial charge in [0.15, 0.2) is 22.4 Å². The molecule has 2 aromatic carbocycles. The number of hydrazine groups is 1. The highest BCUT2D eigenvalue weighted by Crippen LogP contribution is 2.39. The molecule has 0 spiro atoms. The Hall–Kier alpha value is -2.89. The van der Waals surface area contributed by atoms with Crippen LogP contribution < -0.4 is 14.9 Å². The van der Waals surface area contributed by atoms with Crippen molar-refractivity contribution < 1.29 is 23.9 Å². The van der Waals surface area contributed by atoms with Gasteiger partial charge in [0, 0.05) is 18.7 Å². The Morgan fingerprint density at radius 3 is 2.62 bits per heavy atom. The summed E-state index contributed by atoms with van der Waals surface area (Å²) in [6, 6.07) is 10.6. The summed E-state index contributed by atoms with van der Waals surface area (Å²) in [5.41, 5.74) is 4.51. The molecule has 2 fully saturated rings. The number of carbonyl (C=O) groups excluding carboxylic acids is 3. The minimum Gasteiger partial charge on any atom is -0.493 e. The number of rotatable bonds is 7. The first-order valence-corrected chi connectivity index (χ1v) is 13.7. The van der Waals surface area contributed by atoms with Gasteiger partial charge in [-0.1, -0.05) is 30.0 Å². The van der Waals surface area contributed by atoms with Crippen LogP contribution in [0, 0.1) is 6.92 Å². The number of thioether (sulfide) groups is 1. The number of hydrogen-bond donors (Lipinski definition) is 1. The van der Waals surface area contributed by atoms with Gasteiger partial charge < -0.3 is 14.4 Å². The van der Waals surface area contributed by atoms with Gasteiger partial charge >= 0.3 is 0 Å². The summed E-state index contributed by atoms with van der Waals surface area (Å²) in [4.78, 5) is 40.4. The molecule has 0 unspecified atom stereocenters. The van der Waals surface area contributed by atoms with E-state index in [0.29, 0.717) is 32.0 Å². The molecule has 2 aliphatic rings. The number of halogens is 1. The highest BCUT2D eigenvalue weighted by molar-refractivity contribution is 9.10. The number of methoxy groups -OCH3 is 1. The fourth-order valence-electron chi connectivity index (χ4n) is 4.04. The summed E-state index contributed by atoms with van der Waals surface area (Å²) in [7, 11) is 1.51. The average molecular weight is 605 g/mol. The monoisotopic (exact) mass is 603 g/mol. The van der Waals surface area contributed by atoms with Gasteiger partial charge in [-0.25, -0.2) is 0 Å². The number of ether oxygens (including phenoxy) is 2. The second kappa shape index (κ2) is 12.1.